The Morgan fingerprint density at radius 3 is 2.53 bits per heavy atom. The van der Waals surface area contributed by atoms with Crippen molar-refractivity contribution in [2.24, 2.45) is 5.73 Å². The summed E-state index contributed by atoms with van der Waals surface area (Å²) in [7, 11) is -4.04. The number of carbonyl (C=O) groups excluding carboxylic acids is 1. The van der Waals surface area contributed by atoms with Crippen molar-refractivity contribution < 1.29 is 23.1 Å². The molecule has 2 amide bonds. The molecule has 0 spiro atoms. The second kappa shape index (κ2) is 8.43. The molecule has 2 aromatic rings. The highest BCUT2D eigenvalue weighted by molar-refractivity contribution is 8.18. The van der Waals surface area contributed by atoms with Crippen molar-refractivity contribution in [3.8, 4) is 0 Å². The number of sulfonamides is 1. The molecule has 0 aromatic heterocycles. The van der Waals surface area contributed by atoms with Gasteiger partial charge in [0, 0.05) is 21.9 Å². The fourth-order valence-electron chi connectivity index (χ4n) is 3.82. The zero-order chi connectivity index (χ0) is 23.1. The summed E-state index contributed by atoms with van der Waals surface area (Å²) in [4.78, 5) is 23.2. The third kappa shape index (κ3) is 4.49. The van der Waals surface area contributed by atoms with Crippen LogP contribution in [0.4, 0.5) is 10.5 Å². The Morgan fingerprint density at radius 2 is 1.88 bits per heavy atom. The Labute approximate surface area is 194 Å². The second-order valence-electron chi connectivity index (χ2n) is 7.67. The molecule has 5 N–H and O–H groups in total. The molecule has 1 heterocycles. The Balaban J connectivity index is 1.51. The van der Waals surface area contributed by atoms with E-state index in [9.17, 15) is 23.1 Å². The van der Waals surface area contributed by atoms with Crippen molar-refractivity contribution in [3.05, 3.63) is 75.0 Å². The van der Waals surface area contributed by atoms with Gasteiger partial charge in [0.25, 0.3) is 0 Å². The highest BCUT2D eigenvalue weighted by atomic mass is 35.5. The van der Waals surface area contributed by atoms with E-state index in [4.69, 9.17) is 17.3 Å². The predicted octanol–water partition coefficient (Wildman–Crippen LogP) is 3.78. The molecule has 1 saturated carbocycles. The highest BCUT2D eigenvalue weighted by Crippen LogP contribution is 2.54. The number of carbonyl (C=O) groups is 2. The van der Waals surface area contributed by atoms with Crippen LogP contribution in [0, 0.1) is 0 Å². The number of hydrogen-bond donors (Lipinski definition) is 4. The third-order valence-electron chi connectivity index (χ3n) is 5.48. The molecule has 4 rings (SSSR count). The fraction of sp³-hybridized carbons (Fsp3) is 0.238. The number of nitrogens with one attached hydrogen (secondary N) is 2. The standard InChI is InChI=1S/C21H20ClN3O5S2/c22-14-6-4-12(5-7-14)17-8-9-18(31-17)32(29,30)25-21(19(26)27)11-16(21)13-2-1-3-15(10-13)24-20(23)28/h1-7,9-10,16-17,25H,8,11H2,(H,26,27)(H3,23,24,28). The summed E-state index contributed by atoms with van der Waals surface area (Å²) < 4.78 is 28.6. The molecule has 0 bridgehead atoms. The molecule has 0 saturated heterocycles. The van der Waals surface area contributed by atoms with Gasteiger partial charge in [-0.05, 0) is 48.2 Å². The Morgan fingerprint density at radius 1 is 1.16 bits per heavy atom. The molecule has 8 nitrogen and oxygen atoms in total. The molecule has 1 aliphatic carbocycles. The number of nitrogens with two attached hydrogens (primary N) is 1. The van der Waals surface area contributed by atoms with Gasteiger partial charge in [-0.1, -0.05) is 41.9 Å². The van der Waals surface area contributed by atoms with E-state index in [1.807, 2.05) is 12.1 Å². The predicted molar refractivity (Wildman–Crippen MR) is 124 cm³/mol. The molecule has 3 unspecified atom stereocenters. The zero-order valence-corrected chi connectivity index (χ0v) is 19.0. The van der Waals surface area contributed by atoms with Crippen LogP contribution in [0.15, 0.2) is 58.8 Å². The lowest BCUT2D eigenvalue weighted by atomic mass is 10.1. The molecule has 1 aliphatic heterocycles. The number of aliphatic carboxylic acids is 1. The summed E-state index contributed by atoms with van der Waals surface area (Å²) in [6.07, 6.45) is 2.21. The first kappa shape index (κ1) is 22.7. The summed E-state index contributed by atoms with van der Waals surface area (Å²) in [5.41, 5.74) is 5.42. The van der Waals surface area contributed by atoms with Crippen LogP contribution in [0.3, 0.4) is 0 Å². The fourth-order valence-corrected chi connectivity index (χ4v) is 7.09. The number of rotatable bonds is 7. The van der Waals surface area contributed by atoms with E-state index in [1.54, 1.807) is 42.5 Å². The maximum atomic E-state index is 13.1. The summed E-state index contributed by atoms with van der Waals surface area (Å²) >= 11 is 7.10. The maximum Gasteiger partial charge on any atom is 0.325 e. The topological polar surface area (TPSA) is 139 Å². The number of halogens is 1. The maximum absolute atomic E-state index is 13.1. The van der Waals surface area contributed by atoms with Crippen LogP contribution in [0.2, 0.25) is 5.02 Å². The van der Waals surface area contributed by atoms with Gasteiger partial charge in [-0.3, -0.25) is 4.79 Å². The summed E-state index contributed by atoms with van der Waals surface area (Å²) in [5.74, 6) is -1.83. The molecule has 2 aliphatic rings. The molecule has 168 valence electrons. The van der Waals surface area contributed by atoms with E-state index < -0.39 is 33.5 Å². The SMILES string of the molecule is NC(=O)Nc1cccc(C2CC2(NS(=O)(=O)C2=CCC(c3ccc(Cl)cc3)S2)C(=O)O)c1. The van der Waals surface area contributed by atoms with Crippen LogP contribution in [-0.4, -0.2) is 31.1 Å². The van der Waals surface area contributed by atoms with E-state index in [2.05, 4.69) is 10.0 Å². The number of primary amides is 1. The van der Waals surface area contributed by atoms with E-state index in [0.717, 1.165) is 5.56 Å². The summed E-state index contributed by atoms with van der Waals surface area (Å²) in [6.45, 7) is 0. The first-order valence-electron chi connectivity index (χ1n) is 9.67. The van der Waals surface area contributed by atoms with Crippen LogP contribution < -0.4 is 15.8 Å². The van der Waals surface area contributed by atoms with Crippen LogP contribution in [-0.2, 0) is 14.8 Å². The minimum Gasteiger partial charge on any atom is -0.480 e. The van der Waals surface area contributed by atoms with Crippen molar-refractivity contribution in [1.82, 2.24) is 4.72 Å². The quantitative estimate of drug-likeness (QED) is 0.463. The molecule has 0 radical (unpaired) electrons. The number of carboxylic acids is 1. The van der Waals surface area contributed by atoms with Crippen LogP contribution in [0.5, 0.6) is 0 Å². The second-order valence-corrected chi connectivity index (χ2v) is 11.3. The Bertz CT molecular complexity index is 1220. The van der Waals surface area contributed by atoms with Crippen LogP contribution >= 0.6 is 23.4 Å². The molecule has 11 heteroatoms. The third-order valence-corrected chi connectivity index (χ3v) is 9.16. The number of carboxylic acid groups (broad SMARTS) is 1. The number of urea groups is 1. The van der Waals surface area contributed by atoms with Crippen molar-refractivity contribution in [2.75, 3.05) is 5.32 Å². The van der Waals surface area contributed by atoms with Crippen molar-refractivity contribution in [2.45, 2.75) is 29.5 Å². The van der Waals surface area contributed by atoms with Crippen LogP contribution in [0.25, 0.3) is 0 Å². The van der Waals surface area contributed by atoms with Gasteiger partial charge in [0.15, 0.2) is 0 Å². The zero-order valence-electron chi connectivity index (χ0n) is 16.6. The van der Waals surface area contributed by atoms with E-state index in [0.29, 0.717) is 22.7 Å². The van der Waals surface area contributed by atoms with Gasteiger partial charge in [-0.2, -0.15) is 4.72 Å². The van der Waals surface area contributed by atoms with Gasteiger partial charge in [-0.15, -0.1) is 11.8 Å². The number of hydrogen-bond acceptors (Lipinski definition) is 5. The minimum absolute atomic E-state index is 0.0915. The van der Waals surface area contributed by atoms with E-state index >= 15 is 0 Å². The molecule has 3 atom stereocenters. The number of thioether (sulfide) groups is 1. The van der Waals surface area contributed by atoms with Gasteiger partial charge in [-0.25, -0.2) is 13.2 Å². The minimum atomic E-state index is -4.04. The van der Waals surface area contributed by atoms with E-state index in [1.165, 1.54) is 11.8 Å². The van der Waals surface area contributed by atoms with Crippen LogP contribution in [0.1, 0.15) is 35.1 Å². The largest absolute Gasteiger partial charge is 0.480 e. The molecule has 2 aromatic carbocycles. The first-order chi connectivity index (χ1) is 15.1. The smallest absolute Gasteiger partial charge is 0.325 e. The molecule has 1 fully saturated rings. The molecular formula is C21H20ClN3O5S2. The lowest BCUT2D eigenvalue weighted by molar-refractivity contribution is -0.140. The number of allylic oxidation sites excluding steroid dienone is 1. The summed E-state index contributed by atoms with van der Waals surface area (Å²) in [6, 6.07) is 13.0. The lowest BCUT2D eigenvalue weighted by Crippen LogP contribution is -2.44. The summed E-state index contributed by atoms with van der Waals surface area (Å²) in [5, 5.41) is 12.8. The average molecular weight is 494 g/mol. The van der Waals surface area contributed by atoms with Gasteiger partial charge in [0.1, 0.15) is 9.78 Å². The molecular weight excluding hydrogens is 474 g/mol. The van der Waals surface area contributed by atoms with E-state index in [-0.39, 0.29) is 15.9 Å². The van der Waals surface area contributed by atoms with Gasteiger partial charge >= 0.3 is 12.0 Å². The Hall–Kier alpha value is -2.53. The monoisotopic (exact) mass is 493 g/mol. The molecule has 32 heavy (non-hydrogen) atoms. The number of anilines is 1. The number of amides is 2. The number of benzene rings is 2. The van der Waals surface area contributed by atoms with Gasteiger partial charge in [0.05, 0.1) is 0 Å². The highest BCUT2D eigenvalue weighted by Gasteiger charge is 2.63. The van der Waals surface area contributed by atoms with Gasteiger partial charge < -0.3 is 16.2 Å². The van der Waals surface area contributed by atoms with Crippen molar-refractivity contribution in [3.63, 3.8) is 0 Å². The first-order valence-corrected chi connectivity index (χ1v) is 12.4. The lowest BCUT2D eigenvalue weighted by Gasteiger charge is -2.17. The van der Waals surface area contributed by atoms with Crippen molar-refractivity contribution >= 4 is 51.1 Å². The normalized spacial score (nSPS) is 24.6. The van der Waals surface area contributed by atoms with Crippen molar-refractivity contribution in [1.29, 1.82) is 0 Å². The average Bonchev–Trinajstić information content (AvgIpc) is 3.22. The Kier molecular flexibility index (Phi) is 5.97. The van der Waals surface area contributed by atoms with Gasteiger partial charge in [0.2, 0.25) is 10.0 Å².